The van der Waals surface area contributed by atoms with Crippen LogP contribution >= 0.6 is 0 Å². The molecule has 1 aromatic rings. The lowest BCUT2D eigenvalue weighted by molar-refractivity contribution is 0.242. The molecule has 3 heteroatoms. The molecule has 0 spiro atoms. The smallest absolute Gasteiger partial charge is 0.319 e. The van der Waals surface area contributed by atoms with Crippen molar-refractivity contribution >= 4 is 11.7 Å². The summed E-state index contributed by atoms with van der Waals surface area (Å²) >= 11 is 0. The van der Waals surface area contributed by atoms with Crippen molar-refractivity contribution < 1.29 is 4.79 Å². The third kappa shape index (κ3) is 2.28. The monoisotopic (exact) mass is 230 g/mol. The van der Waals surface area contributed by atoms with Crippen molar-refractivity contribution in [2.75, 3.05) is 5.32 Å². The molecular weight excluding hydrogens is 212 g/mol. The zero-order valence-corrected chi connectivity index (χ0v) is 9.86. The van der Waals surface area contributed by atoms with Crippen molar-refractivity contribution in [3.8, 4) is 0 Å². The van der Waals surface area contributed by atoms with Gasteiger partial charge in [0.2, 0.25) is 0 Å². The second-order valence-electron chi connectivity index (χ2n) is 5.25. The quantitative estimate of drug-likeness (QED) is 0.805. The van der Waals surface area contributed by atoms with Crippen LogP contribution in [0.4, 0.5) is 10.5 Å². The lowest BCUT2D eigenvalue weighted by Gasteiger charge is -2.22. The summed E-state index contributed by atoms with van der Waals surface area (Å²) in [6, 6.07) is 9.94. The minimum Gasteiger partial charge on any atom is -0.335 e. The molecule has 2 fully saturated rings. The molecule has 3 nitrogen and oxygen atoms in total. The predicted molar refractivity (Wildman–Crippen MR) is 67.8 cm³/mol. The van der Waals surface area contributed by atoms with Gasteiger partial charge in [-0.15, -0.1) is 0 Å². The summed E-state index contributed by atoms with van der Waals surface area (Å²) in [6.07, 6.45) is 5.15. The molecule has 2 aliphatic carbocycles. The highest BCUT2D eigenvalue weighted by atomic mass is 16.2. The fraction of sp³-hybridized carbons (Fsp3) is 0.500. The van der Waals surface area contributed by atoms with Crippen LogP contribution in [0.5, 0.6) is 0 Å². The van der Waals surface area contributed by atoms with Gasteiger partial charge in [-0.05, 0) is 43.2 Å². The van der Waals surface area contributed by atoms with E-state index in [-0.39, 0.29) is 6.03 Å². The molecule has 90 valence electrons. The highest BCUT2D eigenvalue weighted by Gasteiger charge is 2.40. The standard InChI is InChI=1S/C14H18N2O/c17-14(15-12-4-2-1-3-5-12)16-13-9-10-6-7-11(13)8-10/h1-5,10-11,13H,6-9H2,(H2,15,16,17)/t10-,11-,13-/m1/s1. The first-order valence-electron chi connectivity index (χ1n) is 6.44. The maximum atomic E-state index is 11.8. The highest BCUT2D eigenvalue weighted by molar-refractivity contribution is 5.89. The lowest BCUT2D eigenvalue weighted by atomic mass is 9.95. The third-order valence-corrected chi connectivity index (χ3v) is 4.09. The average Bonchev–Trinajstić information content (AvgIpc) is 2.92. The Labute approximate surface area is 102 Å². The topological polar surface area (TPSA) is 41.1 Å². The Morgan fingerprint density at radius 1 is 1.12 bits per heavy atom. The number of nitrogens with one attached hydrogen (secondary N) is 2. The normalized spacial score (nSPS) is 30.2. The molecule has 2 saturated carbocycles. The van der Waals surface area contributed by atoms with Crippen molar-refractivity contribution in [2.24, 2.45) is 11.8 Å². The molecule has 0 aliphatic heterocycles. The highest BCUT2D eigenvalue weighted by Crippen LogP contribution is 2.44. The summed E-state index contributed by atoms with van der Waals surface area (Å²) in [5.41, 5.74) is 0.855. The fourth-order valence-corrected chi connectivity index (χ4v) is 3.28. The number of para-hydroxylation sites is 1. The van der Waals surface area contributed by atoms with E-state index in [0.717, 1.165) is 17.5 Å². The SMILES string of the molecule is O=C(Nc1ccccc1)N[C@@H]1C[C@@H]2CC[C@@H]1C2. The largest absolute Gasteiger partial charge is 0.335 e. The van der Waals surface area contributed by atoms with E-state index in [1.807, 2.05) is 30.3 Å². The molecule has 2 N–H and O–H groups in total. The number of fused-ring (bicyclic) bond motifs is 2. The van der Waals surface area contributed by atoms with Crippen molar-refractivity contribution in [1.82, 2.24) is 5.32 Å². The Bertz CT molecular complexity index is 404. The number of urea groups is 1. The Morgan fingerprint density at radius 2 is 1.94 bits per heavy atom. The van der Waals surface area contributed by atoms with Crippen molar-refractivity contribution in [2.45, 2.75) is 31.7 Å². The molecule has 17 heavy (non-hydrogen) atoms. The summed E-state index contributed by atoms with van der Waals surface area (Å²) in [6.45, 7) is 0. The first-order chi connectivity index (χ1) is 8.31. The van der Waals surface area contributed by atoms with E-state index < -0.39 is 0 Å². The Balaban J connectivity index is 1.54. The van der Waals surface area contributed by atoms with Crippen LogP contribution in [0.15, 0.2) is 30.3 Å². The van der Waals surface area contributed by atoms with E-state index in [0.29, 0.717) is 6.04 Å². The summed E-state index contributed by atoms with van der Waals surface area (Å²) in [5.74, 6) is 1.59. The number of carbonyl (C=O) groups excluding carboxylic acids is 1. The van der Waals surface area contributed by atoms with Crippen LogP contribution in [0, 0.1) is 11.8 Å². The van der Waals surface area contributed by atoms with Crippen molar-refractivity contribution in [3.05, 3.63) is 30.3 Å². The van der Waals surface area contributed by atoms with Gasteiger partial charge in [-0.1, -0.05) is 24.6 Å². The zero-order valence-electron chi connectivity index (χ0n) is 9.86. The van der Waals surface area contributed by atoms with Gasteiger partial charge < -0.3 is 10.6 Å². The minimum absolute atomic E-state index is 0.0613. The summed E-state index contributed by atoms with van der Waals surface area (Å²) < 4.78 is 0. The Kier molecular flexibility index (Phi) is 2.75. The van der Waals surface area contributed by atoms with Crippen molar-refractivity contribution in [3.63, 3.8) is 0 Å². The number of benzene rings is 1. The third-order valence-electron chi connectivity index (χ3n) is 4.09. The molecule has 0 radical (unpaired) electrons. The predicted octanol–water partition coefficient (Wildman–Crippen LogP) is 3.00. The van der Waals surface area contributed by atoms with Gasteiger partial charge in [0.15, 0.2) is 0 Å². The number of hydrogen-bond donors (Lipinski definition) is 2. The van der Waals surface area contributed by atoms with Gasteiger partial charge in [0, 0.05) is 11.7 Å². The van der Waals surface area contributed by atoms with Crippen LogP contribution in [0.2, 0.25) is 0 Å². The minimum atomic E-state index is -0.0613. The second kappa shape index (κ2) is 4.40. The van der Waals surface area contributed by atoms with Crippen LogP contribution in [0.1, 0.15) is 25.7 Å². The summed E-state index contributed by atoms with van der Waals surface area (Å²) in [5, 5.41) is 5.99. The molecule has 2 bridgehead atoms. The number of rotatable bonds is 2. The summed E-state index contributed by atoms with van der Waals surface area (Å²) in [7, 11) is 0. The van der Waals surface area contributed by atoms with Crippen LogP contribution in [-0.4, -0.2) is 12.1 Å². The first kappa shape index (κ1) is 10.6. The molecule has 3 rings (SSSR count). The average molecular weight is 230 g/mol. The second-order valence-corrected chi connectivity index (χ2v) is 5.25. The maximum Gasteiger partial charge on any atom is 0.319 e. The molecule has 0 unspecified atom stereocenters. The lowest BCUT2D eigenvalue weighted by Crippen LogP contribution is -2.40. The van der Waals surface area contributed by atoms with E-state index >= 15 is 0 Å². The van der Waals surface area contributed by atoms with Crippen LogP contribution < -0.4 is 10.6 Å². The Hall–Kier alpha value is -1.51. The maximum absolute atomic E-state index is 11.8. The van der Waals surface area contributed by atoms with E-state index in [1.54, 1.807) is 0 Å². The molecule has 0 saturated heterocycles. The van der Waals surface area contributed by atoms with Gasteiger partial charge in [0.1, 0.15) is 0 Å². The fourth-order valence-electron chi connectivity index (χ4n) is 3.28. The molecule has 3 atom stereocenters. The first-order valence-corrected chi connectivity index (χ1v) is 6.44. The number of anilines is 1. The Morgan fingerprint density at radius 3 is 2.59 bits per heavy atom. The number of carbonyl (C=O) groups is 1. The summed E-state index contributed by atoms with van der Waals surface area (Å²) in [4.78, 5) is 11.8. The van der Waals surface area contributed by atoms with Crippen LogP contribution in [0.3, 0.4) is 0 Å². The van der Waals surface area contributed by atoms with Gasteiger partial charge in [-0.2, -0.15) is 0 Å². The van der Waals surface area contributed by atoms with Gasteiger partial charge in [-0.3, -0.25) is 0 Å². The molecule has 2 aliphatic rings. The van der Waals surface area contributed by atoms with Crippen LogP contribution in [0.25, 0.3) is 0 Å². The molecule has 1 aromatic carbocycles. The molecule has 2 amide bonds. The molecule has 0 aromatic heterocycles. The van der Waals surface area contributed by atoms with Gasteiger partial charge in [-0.25, -0.2) is 4.79 Å². The van der Waals surface area contributed by atoms with E-state index in [9.17, 15) is 4.79 Å². The van der Waals surface area contributed by atoms with Gasteiger partial charge in [0.25, 0.3) is 0 Å². The van der Waals surface area contributed by atoms with Gasteiger partial charge >= 0.3 is 6.03 Å². The van der Waals surface area contributed by atoms with Crippen LogP contribution in [-0.2, 0) is 0 Å². The molecule has 0 heterocycles. The number of amides is 2. The molecular formula is C14H18N2O. The number of hydrogen-bond acceptors (Lipinski definition) is 1. The van der Waals surface area contributed by atoms with Gasteiger partial charge in [0.05, 0.1) is 0 Å². The van der Waals surface area contributed by atoms with E-state index in [4.69, 9.17) is 0 Å². The van der Waals surface area contributed by atoms with Crippen molar-refractivity contribution in [1.29, 1.82) is 0 Å². The van der Waals surface area contributed by atoms with E-state index in [1.165, 1.54) is 25.7 Å². The van der Waals surface area contributed by atoms with E-state index in [2.05, 4.69) is 10.6 Å². The zero-order chi connectivity index (χ0) is 11.7.